The van der Waals surface area contributed by atoms with Crippen LogP contribution in [0, 0.1) is 10.1 Å². The molecule has 0 aliphatic carbocycles. The van der Waals surface area contributed by atoms with Gasteiger partial charge in [0.1, 0.15) is 22.8 Å². The summed E-state index contributed by atoms with van der Waals surface area (Å²) in [5.74, 6) is -0.0320. The number of phenols is 1. The largest absolute Gasteiger partial charge is 0.508 e. The van der Waals surface area contributed by atoms with Crippen molar-refractivity contribution in [2.24, 2.45) is 0 Å². The van der Waals surface area contributed by atoms with E-state index in [2.05, 4.69) is 0 Å². The molecule has 0 spiro atoms. The van der Waals surface area contributed by atoms with E-state index in [4.69, 9.17) is 9.84 Å². The van der Waals surface area contributed by atoms with Gasteiger partial charge in [-0.1, -0.05) is 0 Å². The second kappa shape index (κ2) is 5.31. The van der Waals surface area contributed by atoms with Crippen LogP contribution in [0.3, 0.4) is 0 Å². The van der Waals surface area contributed by atoms with Gasteiger partial charge in [-0.3, -0.25) is 10.1 Å². The van der Waals surface area contributed by atoms with Gasteiger partial charge in [-0.25, -0.2) is 0 Å². The van der Waals surface area contributed by atoms with Crippen molar-refractivity contribution in [3.05, 3.63) is 58.1 Å². The van der Waals surface area contributed by atoms with Crippen LogP contribution >= 0.6 is 0 Å². The number of rotatable bonds is 3. The number of benzene rings is 2. The van der Waals surface area contributed by atoms with Crippen molar-refractivity contribution in [1.29, 1.82) is 0 Å². The molecule has 0 bridgehead atoms. The van der Waals surface area contributed by atoms with Crippen molar-refractivity contribution < 1.29 is 27.9 Å². The van der Waals surface area contributed by atoms with Gasteiger partial charge in [0, 0.05) is 6.07 Å². The molecule has 5 nitrogen and oxygen atoms in total. The number of nitro benzene ring substituents is 1. The maximum atomic E-state index is 12.8. The molecule has 0 heterocycles. The van der Waals surface area contributed by atoms with E-state index in [-0.39, 0.29) is 17.2 Å². The number of nitro groups is 1. The Balaban J connectivity index is 2.38. The molecule has 0 radical (unpaired) electrons. The van der Waals surface area contributed by atoms with Gasteiger partial charge < -0.3 is 9.84 Å². The van der Waals surface area contributed by atoms with E-state index < -0.39 is 22.4 Å². The van der Waals surface area contributed by atoms with Crippen LogP contribution in [-0.2, 0) is 6.18 Å². The Morgan fingerprint density at radius 1 is 1.05 bits per heavy atom. The van der Waals surface area contributed by atoms with Crippen molar-refractivity contribution in [2.45, 2.75) is 6.18 Å². The van der Waals surface area contributed by atoms with Gasteiger partial charge in [0.25, 0.3) is 5.69 Å². The first-order valence-electron chi connectivity index (χ1n) is 5.60. The Bertz CT molecular complexity index is 668. The highest BCUT2D eigenvalue weighted by Crippen LogP contribution is 2.39. The lowest BCUT2D eigenvalue weighted by atomic mass is 10.1. The molecule has 110 valence electrons. The second-order valence-corrected chi connectivity index (χ2v) is 4.03. The normalized spacial score (nSPS) is 11.2. The fourth-order valence-corrected chi connectivity index (χ4v) is 1.62. The predicted molar refractivity (Wildman–Crippen MR) is 66.3 cm³/mol. The highest BCUT2D eigenvalue weighted by atomic mass is 19.4. The second-order valence-electron chi connectivity index (χ2n) is 4.03. The van der Waals surface area contributed by atoms with E-state index in [9.17, 15) is 23.3 Å². The minimum absolute atomic E-state index is 0.0259. The van der Waals surface area contributed by atoms with Gasteiger partial charge in [-0.15, -0.1) is 0 Å². The smallest absolute Gasteiger partial charge is 0.423 e. The molecule has 0 aliphatic rings. The number of hydrogen-bond acceptors (Lipinski definition) is 4. The lowest BCUT2D eigenvalue weighted by Crippen LogP contribution is -2.09. The van der Waals surface area contributed by atoms with Crippen LogP contribution < -0.4 is 4.74 Å². The predicted octanol–water partition coefficient (Wildman–Crippen LogP) is 4.11. The van der Waals surface area contributed by atoms with Crippen molar-refractivity contribution in [3.8, 4) is 17.2 Å². The summed E-state index contributed by atoms with van der Waals surface area (Å²) in [6.07, 6.45) is -4.86. The molecule has 1 N–H and O–H groups in total. The van der Waals surface area contributed by atoms with Crippen molar-refractivity contribution in [1.82, 2.24) is 0 Å². The van der Waals surface area contributed by atoms with Crippen LogP contribution in [0.25, 0.3) is 0 Å². The summed E-state index contributed by atoms with van der Waals surface area (Å²) < 4.78 is 43.5. The molecule has 2 aromatic rings. The van der Waals surface area contributed by atoms with Crippen LogP contribution in [0.1, 0.15) is 5.56 Å². The van der Waals surface area contributed by atoms with E-state index in [1.165, 1.54) is 24.3 Å². The Labute approximate surface area is 116 Å². The van der Waals surface area contributed by atoms with Crippen LogP contribution in [0.4, 0.5) is 18.9 Å². The first kappa shape index (κ1) is 14.6. The van der Waals surface area contributed by atoms with Gasteiger partial charge in [0.2, 0.25) is 0 Å². The first-order valence-corrected chi connectivity index (χ1v) is 5.60. The average Bonchev–Trinajstić information content (AvgIpc) is 2.40. The fourth-order valence-electron chi connectivity index (χ4n) is 1.62. The van der Waals surface area contributed by atoms with Crippen LogP contribution in [-0.4, -0.2) is 10.0 Å². The summed E-state index contributed by atoms with van der Waals surface area (Å²) in [6.45, 7) is 0. The number of hydrogen-bond donors (Lipinski definition) is 1. The average molecular weight is 299 g/mol. The Hall–Kier alpha value is -2.77. The van der Waals surface area contributed by atoms with Crippen molar-refractivity contribution in [2.75, 3.05) is 0 Å². The quantitative estimate of drug-likeness (QED) is 0.683. The SMILES string of the molecule is O=[N+]([O-])c1ccc(Oc2ccc(O)cc2)cc1C(F)(F)F. The number of halogens is 3. The topological polar surface area (TPSA) is 72.6 Å². The van der Waals surface area contributed by atoms with Gasteiger partial charge in [0.05, 0.1) is 4.92 Å². The lowest BCUT2D eigenvalue weighted by molar-refractivity contribution is -0.388. The summed E-state index contributed by atoms with van der Waals surface area (Å²) >= 11 is 0. The Morgan fingerprint density at radius 3 is 2.14 bits per heavy atom. The minimum atomic E-state index is -4.86. The van der Waals surface area contributed by atoms with E-state index in [1.807, 2.05) is 0 Å². The number of aromatic hydroxyl groups is 1. The fraction of sp³-hybridized carbons (Fsp3) is 0.0769. The first-order chi connectivity index (χ1) is 9.77. The third-order valence-electron chi connectivity index (χ3n) is 2.54. The molecule has 21 heavy (non-hydrogen) atoms. The Kier molecular flexibility index (Phi) is 3.70. The summed E-state index contributed by atoms with van der Waals surface area (Å²) in [7, 11) is 0. The van der Waals surface area contributed by atoms with Crippen molar-refractivity contribution >= 4 is 5.69 Å². The summed E-state index contributed by atoms with van der Waals surface area (Å²) in [5.41, 5.74) is -2.43. The van der Waals surface area contributed by atoms with E-state index in [1.54, 1.807) is 0 Å². The zero-order valence-corrected chi connectivity index (χ0v) is 10.3. The monoisotopic (exact) mass is 299 g/mol. The third kappa shape index (κ3) is 3.41. The highest BCUT2D eigenvalue weighted by molar-refractivity contribution is 5.48. The number of nitrogens with zero attached hydrogens (tertiary/aromatic N) is 1. The minimum Gasteiger partial charge on any atom is -0.508 e. The molecule has 0 saturated heterocycles. The van der Waals surface area contributed by atoms with Gasteiger partial charge in [-0.05, 0) is 36.4 Å². The summed E-state index contributed by atoms with van der Waals surface area (Å²) in [6, 6.07) is 7.66. The maximum absolute atomic E-state index is 12.8. The van der Waals surface area contributed by atoms with Crippen molar-refractivity contribution in [3.63, 3.8) is 0 Å². The molecule has 0 amide bonds. The molecular weight excluding hydrogens is 291 g/mol. The highest BCUT2D eigenvalue weighted by Gasteiger charge is 2.38. The number of alkyl halides is 3. The number of ether oxygens (including phenoxy) is 1. The molecule has 0 aromatic heterocycles. The van der Waals surface area contributed by atoms with Crippen LogP contribution in [0.5, 0.6) is 17.2 Å². The zero-order valence-electron chi connectivity index (χ0n) is 10.3. The molecule has 0 saturated carbocycles. The van der Waals surface area contributed by atoms with Crippen LogP contribution in [0.15, 0.2) is 42.5 Å². The summed E-state index contributed by atoms with van der Waals surface area (Å²) in [5, 5.41) is 19.7. The lowest BCUT2D eigenvalue weighted by Gasteiger charge is -2.10. The molecule has 0 atom stereocenters. The van der Waals surface area contributed by atoms with Gasteiger partial charge >= 0.3 is 6.18 Å². The standard InChI is InChI=1S/C13H8F3NO4/c14-13(15,16)11-7-10(5-6-12(11)17(19)20)21-9-3-1-8(18)2-4-9/h1-7,18H. The third-order valence-corrected chi connectivity index (χ3v) is 2.54. The summed E-state index contributed by atoms with van der Waals surface area (Å²) in [4.78, 5) is 9.51. The molecule has 0 fully saturated rings. The molecule has 0 unspecified atom stereocenters. The van der Waals surface area contributed by atoms with Crippen LogP contribution in [0.2, 0.25) is 0 Å². The zero-order chi connectivity index (χ0) is 15.6. The molecule has 8 heteroatoms. The van der Waals surface area contributed by atoms with E-state index in [0.717, 1.165) is 12.1 Å². The molecule has 0 aliphatic heterocycles. The van der Waals surface area contributed by atoms with Gasteiger partial charge in [0.15, 0.2) is 0 Å². The number of phenolic OH excluding ortho intramolecular Hbond substituents is 1. The maximum Gasteiger partial charge on any atom is 0.423 e. The van der Waals surface area contributed by atoms with E-state index >= 15 is 0 Å². The Morgan fingerprint density at radius 2 is 1.62 bits per heavy atom. The molecule has 2 rings (SSSR count). The molecule has 2 aromatic carbocycles. The molecular formula is C13H8F3NO4. The van der Waals surface area contributed by atoms with Gasteiger partial charge in [-0.2, -0.15) is 13.2 Å². The van der Waals surface area contributed by atoms with E-state index in [0.29, 0.717) is 6.07 Å².